The van der Waals surface area contributed by atoms with Gasteiger partial charge in [0, 0.05) is 17.5 Å². The molecule has 92 valence electrons. The van der Waals surface area contributed by atoms with Crippen LogP contribution in [-0.2, 0) is 4.79 Å². The number of anilines is 1. The number of nitrogens with one attached hydrogen (secondary N) is 1. The Bertz CT molecular complexity index is 410. The summed E-state index contributed by atoms with van der Waals surface area (Å²) in [6.45, 7) is 1.67. The van der Waals surface area contributed by atoms with Crippen molar-refractivity contribution in [2.45, 2.75) is 19.5 Å². The lowest BCUT2D eigenvalue weighted by atomic mass is 10.2. The smallest absolute Gasteiger partial charge is 0.359 e. The topological polar surface area (TPSA) is 29.1 Å². The number of ketones is 1. The molecule has 5 heteroatoms. The van der Waals surface area contributed by atoms with Crippen LogP contribution in [0.1, 0.15) is 13.3 Å². The van der Waals surface area contributed by atoms with Gasteiger partial charge in [-0.3, -0.25) is 4.79 Å². The van der Waals surface area contributed by atoms with E-state index < -0.39 is 12.0 Å². The lowest BCUT2D eigenvalue weighted by Gasteiger charge is -2.09. The van der Waals surface area contributed by atoms with Crippen LogP contribution >= 0.6 is 0 Å². The highest BCUT2D eigenvalue weighted by Crippen LogP contribution is 2.19. The van der Waals surface area contributed by atoms with Gasteiger partial charge in [-0.25, -0.2) is 0 Å². The molecule has 0 unspecified atom stereocenters. The van der Waals surface area contributed by atoms with Crippen LogP contribution in [-0.4, -0.2) is 12.0 Å². The minimum Gasteiger partial charge on any atom is -0.359 e. The first-order valence-corrected chi connectivity index (χ1v) is 5.07. The fourth-order valence-electron chi connectivity index (χ4n) is 1.17. The van der Waals surface area contributed by atoms with Crippen molar-refractivity contribution in [3.8, 4) is 0 Å². The molecule has 0 aliphatic heterocycles. The summed E-state index contributed by atoms with van der Waals surface area (Å²) in [7, 11) is 0. The van der Waals surface area contributed by atoms with E-state index in [0.29, 0.717) is 18.2 Å². The number of halogens is 3. The SMILES string of the molecule is CC/C(=C\C(=O)C(F)(F)F)Nc1ccccc1. The summed E-state index contributed by atoms with van der Waals surface area (Å²) in [6.07, 6.45) is -3.91. The van der Waals surface area contributed by atoms with Gasteiger partial charge in [-0.1, -0.05) is 25.1 Å². The molecule has 0 heterocycles. The molecule has 0 radical (unpaired) electrons. The number of carbonyl (C=O) groups excluding carboxylic acids is 1. The molecule has 0 bridgehead atoms. The van der Waals surface area contributed by atoms with Gasteiger partial charge in [0.25, 0.3) is 5.78 Å². The van der Waals surface area contributed by atoms with Crippen LogP contribution in [0.15, 0.2) is 42.1 Å². The summed E-state index contributed by atoms with van der Waals surface area (Å²) in [6, 6.07) is 8.72. The first-order chi connectivity index (χ1) is 7.93. The second-order valence-electron chi connectivity index (χ2n) is 3.38. The Hall–Kier alpha value is -1.78. The third-order valence-electron chi connectivity index (χ3n) is 2.04. The van der Waals surface area contributed by atoms with E-state index >= 15 is 0 Å². The number of hydrogen-bond donors (Lipinski definition) is 1. The van der Waals surface area contributed by atoms with Crippen molar-refractivity contribution >= 4 is 11.5 Å². The molecule has 1 aromatic rings. The maximum absolute atomic E-state index is 12.1. The summed E-state index contributed by atoms with van der Waals surface area (Å²) >= 11 is 0. The first kappa shape index (κ1) is 13.3. The highest BCUT2D eigenvalue weighted by Gasteiger charge is 2.36. The highest BCUT2D eigenvalue weighted by molar-refractivity contribution is 5.95. The Morgan fingerprint density at radius 2 is 1.88 bits per heavy atom. The van der Waals surface area contributed by atoms with E-state index in [1.165, 1.54) is 0 Å². The molecule has 0 saturated carbocycles. The van der Waals surface area contributed by atoms with Crippen molar-refractivity contribution in [3.63, 3.8) is 0 Å². The zero-order valence-electron chi connectivity index (χ0n) is 9.21. The molecule has 0 aliphatic rings. The zero-order chi connectivity index (χ0) is 12.9. The number of rotatable bonds is 4. The number of benzene rings is 1. The summed E-state index contributed by atoms with van der Waals surface area (Å²) in [5, 5.41) is 2.77. The van der Waals surface area contributed by atoms with Gasteiger partial charge in [0.1, 0.15) is 0 Å². The second-order valence-corrected chi connectivity index (χ2v) is 3.38. The minimum atomic E-state index is -4.82. The number of allylic oxidation sites excluding steroid dienone is 2. The van der Waals surface area contributed by atoms with Crippen molar-refractivity contribution in [1.29, 1.82) is 0 Å². The third kappa shape index (κ3) is 4.30. The van der Waals surface area contributed by atoms with Gasteiger partial charge in [-0.05, 0) is 18.6 Å². The molecule has 0 amide bonds. The van der Waals surface area contributed by atoms with E-state index in [2.05, 4.69) is 5.32 Å². The molecule has 0 fully saturated rings. The first-order valence-electron chi connectivity index (χ1n) is 5.07. The van der Waals surface area contributed by atoms with Gasteiger partial charge in [-0.15, -0.1) is 0 Å². The fourth-order valence-corrected chi connectivity index (χ4v) is 1.17. The molecule has 0 spiro atoms. The van der Waals surface area contributed by atoms with Crippen LogP contribution in [0.2, 0.25) is 0 Å². The Labute approximate surface area is 97.1 Å². The van der Waals surface area contributed by atoms with Gasteiger partial charge in [0.2, 0.25) is 0 Å². The van der Waals surface area contributed by atoms with Gasteiger partial charge in [0.15, 0.2) is 0 Å². The molecule has 0 atom stereocenters. The van der Waals surface area contributed by atoms with Crippen molar-refractivity contribution < 1.29 is 18.0 Å². The number of alkyl halides is 3. The van der Waals surface area contributed by atoms with Gasteiger partial charge < -0.3 is 5.32 Å². The predicted octanol–water partition coefficient (Wildman–Crippen LogP) is 3.52. The van der Waals surface area contributed by atoms with Crippen LogP contribution < -0.4 is 5.32 Å². The van der Waals surface area contributed by atoms with E-state index in [4.69, 9.17) is 0 Å². The van der Waals surface area contributed by atoms with E-state index in [-0.39, 0.29) is 5.70 Å². The van der Waals surface area contributed by atoms with Crippen molar-refractivity contribution in [2.24, 2.45) is 0 Å². The minimum absolute atomic E-state index is 0.235. The van der Waals surface area contributed by atoms with Gasteiger partial charge in [0.05, 0.1) is 0 Å². The molecule has 1 aromatic carbocycles. The molecule has 2 nitrogen and oxygen atoms in total. The molecule has 1 rings (SSSR count). The summed E-state index contributed by atoms with van der Waals surface area (Å²) in [5.74, 6) is -1.85. The molecule has 1 N–H and O–H groups in total. The number of para-hydroxylation sites is 1. The highest BCUT2D eigenvalue weighted by atomic mass is 19.4. The van der Waals surface area contributed by atoms with E-state index in [9.17, 15) is 18.0 Å². The largest absolute Gasteiger partial charge is 0.454 e. The van der Waals surface area contributed by atoms with Crippen molar-refractivity contribution in [1.82, 2.24) is 0 Å². The van der Waals surface area contributed by atoms with Gasteiger partial charge >= 0.3 is 6.18 Å². The Morgan fingerprint density at radius 3 is 2.35 bits per heavy atom. The van der Waals surface area contributed by atoms with Crippen molar-refractivity contribution in [3.05, 3.63) is 42.1 Å². The summed E-state index contributed by atoms with van der Waals surface area (Å²) < 4.78 is 36.2. The van der Waals surface area contributed by atoms with Crippen LogP contribution in [0.5, 0.6) is 0 Å². The fraction of sp³-hybridized carbons (Fsp3) is 0.250. The van der Waals surface area contributed by atoms with Crippen LogP contribution in [0, 0.1) is 0 Å². The van der Waals surface area contributed by atoms with Crippen LogP contribution in [0.25, 0.3) is 0 Å². The van der Waals surface area contributed by atoms with Crippen LogP contribution in [0.4, 0.5) is 18.9 Å². The molecule has 17 heavy (non-hydrogen) atoms. The average molecular weight is 243 g/mol. The Morgan fingerprint density at radius 1 is 1.29 bits per heavy atom. The zero-order valence-corrected chi connectivity index (χ0v) is 9.21. The van der Waals surface area contributed by atoms with E-state index in [1.807, 2.05) is 0 Å². The molecule has 0 aliphatic carbocycles. The second kappa shape index (κ2) is 5.52. The normalized spacial score (nSPS) is 12.4. The van der Waals surface area contributed by atoms with Crippen molar-refractivity contribution in [2.75, 3.05) is 5.32 Å². The van der Waals surface area contributed by atoms with Crippen LogP contribution in [0.3, 0.4) is 0 Å². The lowest BCUT2D eigenvalue weighted by molar-refractivity contribution is -0.165. The molecule has 0 aromatic heterocycles. The standard InChI is InChI=1S/C12H12F3NO/c1-2-9(8-11(17)12(13,14)15)16-10-6-4-3-5-7-10/h3-8,16H,2H2,1H3/b9-8+. The summed E-state index contributed by atoms with van der Waals surface area (Å²) in [5.41, 5.74) is 0.883. The Kier molecular flexibility index (Phi) is 4.31. The Balaban J connectivity index is 2.79. The maximum Gasteiger partial charge on any atom is 0.454 e. The third-order valence-corrected chi connectivity index (χ3v) is 2.04. The lowest BCUT2D eigenvalue weighted by Crippen LogP contribution is -2.21. The molecule has 0 saturated heterocycles. The predicted molar refractivity (Wildman–Crippen MR) is 59.5 cm³/mol. The number of carbonyl (C=O) groups is 1. The summed E-state index contributed by atoms with van der Waals surface area (Å²) in [4.78, 5) is 10.8. The quantitative estimate of drug-likeness (QED) is 0.820. The van der Waals surface area contributed by atoms with Gasteiger partial charge in [-0.2, -0.15) is 13.2 Å². The molecular formula is C12H12F3NO. The monoisotopic (exact) mass is 243 g/mol. The number of hydrogen-bond acceptors (Lipinski definition) is 2. The van der Waals surface area contributed by atoms with E-state index in [0.717, 1.165) is 0 Å². The molecular weight excluding hydrogens is 231 g/mol. The average Bonchev–Trinajstić information content (AvgIpc) is 2.28. The van der Waals surface area contributed by atoms with E-state index in [1.54, 1.807) is 37.3 Å². The maximum atomic E-state index is 12.1.